The van der Waals surface area contributed by atoms with Gasteiger partial charge in [0.1, 0.15) is 6.29 Å². The van der Waals surface area contributed by atoms with E-state index in [2.05, 4.69) is 23.6 Å². The average Bonchev–Trinajstić information content (AvgIpc) is 2.29. The molecule has 1 aromatic rings. The Hall–Kier alpha value is -1.02. The van der Waals surface area contributed by atoms with Crippen LogP contribution in [0.5, 0.6) is 0 Å². The summed E-state index contributed by atoms with van der Waals surface area (Å²) in [6.07, 6.45) is 7.02. The average molecular weight is 220 g/mol. The first-order chi connectivity index (χ1) is 7.43. The van der Waals surface area contributed by atoms with E-state index >= 15 is 0 Å². The predicted molar refractivity (Wildman–Crippen MR) is 66.0 cm³/mol. The molecule has 0 atom stereocenters. The van der Waals surface area contributed by atoms with E-state index in [0.29, 0.717) is 6.42 Å². The largest absolute Gasteiger partial charge is 0.303 e. The molecule has 0 aliphatic heterocycles. The van der Waals surface area contributed by atoms with Crippen LogP contribution in [0.2, 0.25) is 0 Å². The quantitative estimate of drug-likeness (QED) is 0.392. The lowest BCUT2D eigenvalue weighted by atomic mass is 10.2. The SMILES string of the molecule is O=CCCCC/C=C/Sc1ccccc1. The number of hydrogen-bond acceptors (Lipinski definition) is 2. The summed E-state index contributed by atoms with van der Waals surface area (Å²) in [4.78, 5) is 11.3. The van der Waals surface area contributed by atoms with E-state index in [4.69, 9.17) is 0 Å². The molecule has 1 aromatic carbocycles. The molecule has 0 amide bonds. The van der Waals surface area contributed by atoms with E-state index in [1.165, 1.54) is 4.90 Å². The fourth-order valence-electron chi connectivity index (χ4n) is 1.18. The molecule has 0 spiro atoms. The molecule has 0 fully saturated rings. The van der Waals surface area contributed by atoms with Crippen molar-refractivity contribution in [2.45, 2.75) is 30.6 Å². The maximum Gasteiger partial charge on any atom is 0.119 e. The molecule has 0 saturated heterocycles. The molecule has 0 saturated carbocycles. The van der Waals surface area contributed by atoms with Crippen LogP contribution in [0.1, 0.15) is 25.7 Å². The number of carbonyl (C=O) groups excluding carboxylic acids is 1. The minimum Gasteiger partial charge on any atom is -0.303 e. The van der Waals surface area contributed by atoms with E-state index in [0.717, 1.165) is 25.5 Å². The van der Waals surface area contributed by atoms with Crippen LogP contribution in [0.15, 0.2) is 46.7 Å². The second-order valence-corrected chi connectivity index (χ2v) is 4.23. The van der Waals surface area contributed by atoms with Crippen molar-refractivity contribution in [1.29, 1.82) is 0 Å². The number of benzene rings is 1. The van der Waals surface area contributed by atoms with Gasteiger partial charge in [0.25, 0.3) is 0 Å². The second-order valence-electron chi connectivity index (χ2n) is 3.25. The Balaban J connectivity index is 2.09. The number of rotatable bonds is 7. The lowest BCUT2D eigenvalue weighted by molar-refractivity contribution is -0.107. The normalized spacial score (nSPS) is 10.7. The van der Waals surface area contributed by atoms with E-state index in [1.54, 1.807) is 11.8 Å². The molecule has 0 unspecified atom stereocenters. The summed E-state index contributed by atoms with van der Waals surface area (Å²) in [5.41, 5.74) is 0. The van der Waals surface area contributed by atoms with Crippen molar-refractivity contribution in [3.05, 3.63) is 41.8 Å². The number of carbonyl (C=O) groups is 1. The molecule has 0 radical (unpaired) electrons. The summed E-state index contributed by atoms with van der Waals surface area (Å²) in [6.45, 7) is 0. The summed E-state index contributed by atoms with van der Waals surface area (Å²) in [6, 6.07) is 10.3. The van der Waals surface area contributed by atoms with Crippen molar-refractivity contribution in [2.75, 3.05) is 0 Å². The lowest BCUT2D eigenvalue weighted by Gasteiger charge is -1.94. The molecule has 1 rings (SSSR count). The first-order valence-electron chi connectivity index (χ1n) is 5.24. The van der Waals surface area contributed by atoms with E-state index < -0.39 is 0 Å². The van der Waals surface area contributed by atoms with Gasteiger partial charge in [0.2, 0.25) is 0 Å². The minimum atomic E-state index is 0.694. The molecule has 0 N–H and O–H groups in total. The van der Waals surface area contributed by atoms with Gasteiger partial charge in [-0.15, -0.1) is 0 Å². The number of allylic oxidation sites excluding steroid dienone is 1. The Labute approximate surface area is 95.6 Å². The summed E-state index contributed by atoms with van der Waals surface area (Å²) in [5.74, 6) is 0. The molecular weight excluding hydrogens is 204 g/mol. The molecular formula is C13H16OS. The Kier molecular flexibility index (Phi) is 6.67. The van der Waals surface area contributed by atoms with Crippen LogP contribution in [0.25, 0.3) is 0 Å². The highest BCUT2D eigenvalue weighted by atomic mass is 32.2. The molecule has 0 aliphatic carbocycles. The van der Waals surface area contributed by atoms with Crippen molar-refractivity contribution in [1.82, 2.24) is 0 Å². The molecule has 80 valence electrons. The minimum absolute atomic E-state index is 0.694. The van der Waals surface area contributed by atoms with Gasteiger partial charge < -0.3 is 4.79 Å². The van der Waals surface area contributed by atoms with E-state index in [9.17, 15) is 4.79 Å². The third kappa shape index (κ3) is 6.13. The van der Waals surface area contributed by atoms with Crippen LogP contribution in [-0.4, -0.2) is 6.29 Å². The third-order valence-electron chi connectivity index (χ3n) is 1.99. The van der Waals surface area contributed by atoms with Crippen LogP contribution in [-0.2, 0) is 4.79 Å². The van der Waals surface area contributed by atoms with Gasteiger partial charge in [-0.1, -0.05) is 36.0 Å². The Morgan fingerprint density at radius 2 is 1.80 bits per heavy atom. The van der Waals surface area contributed by atoms with Crippen molar-refractivity contribution in [3.63, 3.8) is 0 Å². The van der Waals surface area contributed by atoms with Gasteiger partial charge in [-0.25, -0.2) is 0 Å². The standard InChI is InChI=1S/C13H16OS/c14-11-7-2-1-3-8-12-15-13-9-5-4-6-10-13/h4-6,8-12H,1-3,7H2/b12-8+. The highest BCUT2D eigenvalue weighted by Crippen LogP contribution is 2.18. The second kappa shape index (κ2) is 8.30. The zero-order valence-corrected chi connectivity index (χ0v) is 9.58. The maximum absolute atomic E-state index is 10.1. The van der Waals surface area contributed by atoms with Crippen LogP contribution in [0.3, 0.4) is 0 Å². The van der Waals surface area contributed by atoms with Crippen LogP contribution >= 0.6 is 11.8 Å². The summed E-state index contributed by atoms with van der Waals surface area (Å²) in [5, 5.41) is 2.12. The lowest BCUT2D eigenvalue weighted by Crippen LogP contribution is -1.75. The van der Waals surface area contributed by atoms with Crippen molar-refractivity contribution >= 4 is 18.0 Å². The van der Waals surface area contributed by atoms with Crippen LogP contribution in [0.4, 0.5) is 0 Å². The zero-order chi connectivity index (χ0) is 10.8. The summed E-state index contributed by atoms with van der Waals surface area (Å²) >= 11 is 1.73. The fourth-order valence-corrected chi connectivity index (χ4v) is 1.89. The van der Waals surface area contributed by atoms with Crippen LogP contribution in [0, 0.1) is 0 Å². The van der Waals surface area contributed by atoms with Gasteiger partial charge in [0.05, 0.1) is 0 Å². The molecule has 0 bridgehead atoms. The molecule has 0 aromatic heterocycles. The fraction of sp³-hybridized carbons (Fsp3) is 0.308. The molecule has 1 nitrogen and oxygen atoms in total. The van der Waals surface area contributed by atoms with E-state index in [1.807, 2.05) is 18.2 Å². The van der Waals surface area contributed by atoms with Crippen molar-refractivity contribution in [2.24, 2.45) is 0 Å². The molecule has 0 aliphatic rings. The topological polar surface area (TPSA) is 17.1 Å². The van der Waals surface area contributed by atoms with Crippen LogP contribution < -0.4 is 0 Å². The van der Waals surface area contributed by atoms with Crippen molar-refractivity contribution in [3.8, 4) is 0 Å². The predicted octanol–water partition coefficient (Wildman–Crippen LogP) is 4.05. The van der Waals surface area contributed by atoms with Gasteiger partial charge >= 0.3 is 0 Å². The molecule has 15 heavy (non-hydrogen) atoms. The first-order valence-corrected chi connectivity index (χ1v) is 6.12. The molecule has 0 heterocycles. The monoisotopic (exact) mass is 220 g/mol. The Morgan fingerprint density at radius 3 is 2.53 bits per heavy atom. The zero-order valence-electron chi connectivity index (χ0n) is 8.76. The summed E-state index contributed by atoms with van der Waals surface area (Å²) < 4.78 is 0. The smallest absolute Gasteiger partial charge is 0.119 e. The number of thioether (sulfide) groups is 1. The van der Waals surface area contributed by atoms with Gasteiger partial charge in [0.15, 0.2) is 0 Å². The third-order valence-corrected chi connectivity index (χ3v) is 2.86. The Morgan fingerprint density at radius 1 is 1.07 bits per heavy atom. The van der Waals surface area contributed by atoms with Crippen molar-refractivity contribution < 1.29 is 4.79 Å². The highest BCUT2D eigenvalue weighted by molar-refractivity contribution is 8.02. The number of hydrogen-bond donors (Lipinski definition) is 0. The highest BCUT2D eigenvalue weighted by Gasteiger charge is 1.87. The summed E-state index contributed by atoms with van der Waals surface area (Å²) in [7, 11) is 0. The first kappa shape index (κ1) is 12.1. The van der Waals surface area contributed by atoms with Gasteiger partial charge in [-0.05, 0) is 36.8 Å². The maximum atomic E-state index is 10.1. The Bertz CT molecular complexity index is 293. The van der Waals surface area contributed by atoms with Gasteiger partial charge in [-0.2, -0.15) is 0 Å². The molecule has 2 heteroatoms. The number of unbranched alkanes of at least 4 members (excludes halogenated alkanes) is 3. The van der Waals surface area contributed by atoms with Gasteiger partial charge in [-0.3, -0.25) is 0 Å². The van der Waals surface area contributed by atoms with E-state index in [-0.39, 0.29) is 0 Å². The number of aldehydes is 1. The van der Waals surface area contributed by atoms with Gasteiger partial charge in [0, 0.05) is 11.3 Å².